The van der Waals surface area contributed by atoms with E-state index in [9.17, 15) is 4.79 Å². The smallest absolute Gasteiger partial charge is 0.165 e. The maximum absolute atomic E-state index is 12.2. The fourth-order valence-corrected chi connectivity index (χ4v) is 3.07. The minimum Gasteiger partial charge on any atom is -0.371 e. The lowest BCUT2D eigenvalue weighted by molar-refractivity contribution is -0.129. The predicted molar refractivity (Wildman–Crippen MR) is 76.2 cm³/mol. The molecule has 18 heavy (non-hydrogen) atoms. The zero-order chi connectivity index (χ0) is 13.0. The highest BCUT2D eigenvalue weighted by atomic mass is 32.1. The summed E-state index contributed by atoms with van der Waals surface area (Å²) in [4.78, 5) is 12.2. The molecule has 1 atom stereocenters. The Morgan fingerprint density at radius 1 is 1.33 bits per heavy atom. The molecule has 1 aromatic heterocycles. The maximum atomic E-state index is 12.2. The van der Waals surface area contributed by atoms with Crippen molar-refractivity contribution < 1.29 is 9.53 Å². The molecule has 0 aliphatic rings. The van der Waals surface area contributed by atoms with Crippen molar-refractivity contribution >= 4 is 27.2 Å². The SMILES string of the molecule is CCOC(CC)C(=O)Cc1csc2ccccc12. The maximum Gasteiger partial charge on any atom is 0.165 e. The lowest BCUT2D eigenvalue weighted by Gasteiger charge is -2.13. The number of ketones is 1. The van der Waals surface area contributed by atoms with Crippen LogP contribution in [0, 0.1) is 0 Å². The molecule has 0 radical (unpaired) electrons. The normalized spacial score (nSPS) is 12.8. The number of rotatable bonds is 6. The quantitative estimate of drug-likeness (QED) is 0.791. The molecule has 2 rings (SSSR count). The molecule has 2 nitrogen and oxygen atoms in total. The van der Waals surface area contributed by atoms with Gasteiger partial charge in [-0.3, -0.25) is 4.79 Å². The molecule has 0 saturated heterocycles. The van der Waals surface area contributed by atoms with Gasteiger partial charge in [-0.15, -0.1) is 11.3 Å². The standard InChI is InChI=1S/C15H18O2S/c1-3-14(17-4-2)13(16)9-11-10-18-15-8-6-5-7-12(11)15/h5-8,10,14H,3-4,9H2,1-2H3. The summed E-state index contributed by atoms with van der Waals surface area (Å²) in [6, 6.07) is 8.21. The number of hydrogen-bond donors (Lipinski definition) is 0. The molecule has 0 saturated carbocycles. The Morgan fingerprint density at radius 2 is 2.11 bits per heavy atom. The van der Waals surface area contributed by atoms with Crippen LogP contribution in [0.4, 0.5) is 0 Å². The number of thiophene rings is 1. The van der Waals surface area contributed by atoms with E-state index in [1.54, 1.807) is 11.3 Å². The Hall–Kier alpha value is -1.19. The van der Waals surface area contributed by atoms with E-state index in [-0.39, 0.29) is 11.9 Å². The fraction of sp³-hybridized carbons (Fsp3) is 0.400. The highest BCUT2D eigenvalue weighted by molar-refractivity contribution is 7.17. The largest absolute Gasteiger partial charge is 0.371 e. The van der Waals surface area contributed by atoms with Crippen molar-refractivity contribution in [2.45, 2.75) is 32.8 Å². The van der Waals surface area contributed by atoms with Crippen molar-refractivity contribution in [2.24, 2.45) is 0 Å². The lowest BCUT2D eigenvalue weighted by atomic mass is 10.0. The van der Waals surface area contributed by atoms with Gasteiger partial charge in [0.2, 0.25) is 0 Å². The van der Waals surface area contributed by atoms with Crippen LogP contribution >= 0.6 is 11.3 Å². The van der Waals surface area contributed by atoms with E-state index in [0.29, 0.717) is 13.0 Å². The summed E-state index contributed by atoms with van der Waals surface area (Å²) in [7, 11) is 0. The van der Waals surface area contributed by atoms with E-state index in [1.807, 2.05) is 26.0 Å². The van der Waals surface area contributed by atoms with Gasteiger partial charge in [0, 0.05) is 17.7 Å². The molecule has 0 bridgehead atoms. The van der Waals surface area contributed by atoms with Gasteiger partial charge in [-0.2, -0.15) is 0 Å². The first-order chi connectivity index (χ1) is 8.76. The zero-order valence-corrected chi connectivity index (χ0v) is 11.6. The van der Waals surface area contributed by atoms with E-state index in [2.05, 4.69) is 17.5 Å². The van der Waals surface area contributed by atoms with Crippen molar-refractivity contribution in [3.05, 3.63) is 35.2 Å². The Bertz CT molecular complexity index is 530. The van der Waals surface area contributed by atoms with Gasteiger partial charge >= 0.3 is 0 Å². The minimum absolute atomic E-state index is 0.183. The third-order valence-electron chi connectivity index (χ3n) is 3.02. The van der Waals surface area contributed by atoms with Crippen LogP contribution < -0.4 is 0 Å². The topological polar surface area (TPSA) is 26.3 Å². The summed E-state index contributed by atoms with van der Waals surface area (Å²) >= 11 is 1.70. The minimum atomic E-state index is -0.256. The van der Waals surface area contributed by atoms with Crippen LogP contribution in [0.5, 0.6) is 0 Å². The average molecular weight is 262 g/mol. The lowest BCUT2D eigenvalue weighted by Crippen LogP contribution is -2.25. The van der Waals surface area contributed by atoms with Crippen LogP contribution in [0.15, 0.2) is 29.6 Å². The number of ether oxygens (including phenoxy) is 1. The molecular formula is C15H18O2S. The van der Waals surface area contributed by atoms with Gasteiger partial charge < -0.3 is 4.74 Å². The van der Waals surface area contributed by atoms with E-state index in [1.165, 1.54) is 10.1 Å². The van der Waals surface area contributed by atoms with Crippen molar-refractivity contribution in [1.29, 1.82) is 0 Å². The molecule has 0 fully saturated rings. The molecule has 1 aromatic carbocycles. The summed E-state index contributed by atoms with van der Waals surface area (Å²) in [5, 5.41) is 3.28. The summed E-state index contributed by atoms with van der Waals surface area (Å²) in [5.41, 5.74) is 1.12. The van der Waals surface area contributed by atoms with Crippen LogP contribution in [0.25, 0.3) is 10.1 Å². The number of hydrogen-bond acceptors (Lipinski definition) is 3. The third kappa shape index (κ3) is 2.79. The average Bonchev–Trinajstić information content (AvgIpc) is 2.79. The molecule has 1 heterocycles. The number of carbonyl (C=O) groups is 1. The highest BCUT2D eigenvalue weighted by Crippen LogP contribution is 2.26. The Kier molecular flexibility index (Phi) is 4.50. The molecule has 96 valence electrons. The fourth-order valence-electron chi connectivity index (χ4n) is 2.11. The second kappa shape index (κ2) is 6.12. The Morgan fingerprint density at radius 3 is 2.83 bits per heavy atom. The molecule has 3 heteroatoms. The van der Waals surface area contributed by atoms with Gasteiger partial charge in [0.05, 0.1) is 0 Å². The summed E-state index contributed by atoms with van der Waals surface area (Å²) in [6.07, 6.45) is 0.964. The molecule has 0 N–H and O–H groups in total. The van der Waals surface area contributed by atoms with E-state index in [4.69, 9.17) is 4.74 Å². The molecular weight excluding hydrogens is 244 g/mol. The first-order valence-electron chi connectivity index (χ1n) is 6.35. The van der Waals surface area contributed by atoms with E-state index < -0.39 is 0 Å². The van der Waals surface area contributed by atoms with Crippen LogP contribution in [-0.2, 0) is 16.0 Å². The summed E-state index contributed by atoms with van der Waals surface area (Å²) in [6.45, 7) is 4.51. The van der Waals surface area contributed by atoms with Crippen molar-refractivity contribution in [1.82, 2.24) is 0 Å². The summed E-state index contributed by atoms with van der Waals surface area (Å²) in [5.74, 6) is 0.183. The first kappa shape index (κ1) is 13.2. The summed E-state index contributed by atoms with van der Waals surface area (Å²) < 4.78 is 6.71. The Labute approximate surface area is 112 Å². The van der Waals surface area contributed by atoms with Gasteiger partial charge in [-0.25, -0.2) is 0 Å². The van der Waals surface area contributed by atoms with Gasteiger partial charge in [-0.05, 0) is 35.7 Å². The first-order valence-corrected chi connectivity index (χ1v) is 7.23. The third-order valence-corrected chi connectivity index (χ3v) is 4.04. The van der Waals surface area contributed by atoms with Crippen LogP contribution in [-0.4, -0.2) is 18.5 Å². The molecule has 0 aliphatic heterocycles. The molecule has 1 unspecified atom stereocenters. The van der Waals surface area contributed by atoms with E-state index >= 15 is 0 Å². The zero-order valence-electron chi connectivity index (χ0n) is 10.8. The van der Waals surface area contributed by atoms with Crippen molar-refractivity contribution in [3.8, 4) is 0 Å². The molecule has 0 aliphatic carbocycles. The monoisotopic (exact) mass is 262 g/mol. The number of benzene rings is 1. The van der Waals surface area contributed by atoms with Gasteiger partial charge in [-0.1, -0.05) is 25.1 Å². The van der Waals surface area contributed by atoms with Crippen LogP contribution in [0.3, 0.4) is 0 Å². The number of Topliss-reactive ketones (excluding diaryl/α,β-unsaturated/α-hetero) is 1. The molecule has 0 amide bonds. The van der Waals surface area contributed by atoms with Gasteiger partial charge in [0.15, 0.2) is 5.78 Å². The van der Waals surface area contributed by atoms with Crippen LogP contribution in [0.2, 0.25) is 0 Å². The highest BCUT2D eigenvalue weighted by Gasteiger charge is 2.18. The molecule has 2 aromatic rings. The van der Waals surface area contributed by atoms with Gasteiger partial charge in [0.1, 0.15) is 6.10 Å². The predicted octanol–water partition coefficient (Wildman–Crippen LogP) is 3.83. The van der Waals surface area contributed by atoms with Crippen LogP contribution in [0.1, 0.15) is 25.8 Å². The number of fused-ring (bicyclic) bond motifs is 1. The second-order valence-corrected chi connectivity index (χ2v) is 5.16. The number of carbonyl (C=O) groups excluding carboxylic acids is 1. The van der Waals surface area contributed by atoms with E-state index in [0.717, 1.165) is 12.0 Å². The Balaban J connectivity index is 2.16. The van der Waals surface area contributed by atoms with Gasteiger partial charge in [0.25, 0.3) is 0 Å². The second-order valence-electron chi connectivity index (χ2n) is 4.25. The molecule has 0 spiro atoms. The van der Waals surface area contributed by atoms with Crippen molar-refractivity contribution in [2.75, 3.05) is 6.61 Å². The van der Waals surface area contributed by atoms with Crippen molar-refractivity contribution in [3.63, 3.8) is 0 Å².